The van der Waals surface area contributed by atoms with E-state index in [1.165, 1.54) is 0 Å². The lowest BCUT2D eigenvalue weighted by Gasteiger charge is -2.07. The number of carbonyl (C=O) groups excluding carboxylic acids is 2. The molecule has 6 heteroatoms. The zero-order chi connectivity index (χ0) is 24.8. The minimum Gasteiger partial charge on any atom is -0.497 e. The smallest absolute Gasteiger partial charge is 0.365 e. The molecule has 6 nitrogen and oxygen atoms in total. The number of ketones is 1. The van der Waals surface area contributed by atoms with E-state index in [1.807, 2.05) is 49.5 Å². The zero-order valence-electron chi connectivity index (χ0n) is 20.4. The largest absolute Gasteiger partial charge is 0.497 e. The molecule has 4 rings (SSSR count). The van der Waals surface area contributed by atoms with Crippen LogP contribution in [0.25, 0.3) is 21.8 Å². The number of oxime groups is 1. The Bertz CT molecular complexity index is 1390. The molecule has 0 saturated heterocycles. The Kier molecular flexibility index (Phi) is 7.60. The molecule has 0 bridgehead atoms. The van der Waals surface area contributed by atoms with Crippen LogP contribution in [0.3, 0.4) is 0 Å². The van der Waals surface area contributed by atoms with Gasteiger partial charge in [-0.25, -0.2) is 4.79 Å². The molecule has 0 aliphatic heterocycles. The average Bonchev–Trinajstić information content (AvgIpc) is 3.18. The van der Waals surface area contributed by atoms with Gasteiger partial charge < -0.3 is 14.1 Å². The van der Waals surface area contributed by atoms with E-state index >= 15 is 0 Å². The van der Waals surface area contributed by atoms with E-state index in [2.05, 4.69) is 16.6 Å². The van der Waals surface area contributed by atoms with Crippen LogP contribution in [0.15, 0.2) is 71.9 Å². The number of hydrogen-bond acceptors (Lipinski definition) is 5. The highest BCUT2D eigenvalue weighted by Gasteiger charge is 2.19. The molecule has 1 aromatic heterocycles. The number of aryl methyl sites for hydroxylation is 1. The van der Waals surface area contributed by atoms with Crippen molar-refractivity contribution in [2.24, 2.45) is 12.2 Å². The van der Waals surface area contributed by atoms with Gasteiger partial charge in [-0.1, -0.05) is 61.7 Å². The second-order valence-corrected chi connectivity index (χ2v) is 8.60. The van der Waals surface area contributed by atoms with Crippen LogP contribution < -0.4 is 4.74 Å². The van der Waals surface area contributed by atoms with Gasteiger partial charge >= 0.3 is 5.97 Å². The number of fused-ring (bicyclic) bond motifs is 3. The van der Waals surface area contributed by atoms with Crippen molar-refractivity contribution in [3.8, 4) is 5.75 Å². The first-order valence-electron chi connectivity index (χ1n) is 12.0. The Hall–Kier alpha value is -3.93. The summed E-state index contributed by atoms with van der Waals surface area (Å²) in [7, 11) is 3.62. The number of Topliss-reactive ketones (excluding diaryl/α,β-unsaturated/α-hetero) is 1. The third-order valence-electron chi connectivity index (χ3n) is 6.26. The first kappa shape index (κ1) is 24.2. The van der Waals surface area contributed by atoms with E-state index in [4.69, 9.17) is 9.57 Å². The van der Waals surface area contributed by atoms with Crippen LogP contribution in [0.5, 0.6) is 5.75 Å². The topological polar surface area (TPSA) is 69.9 Å². The summed E-state index contributed by atoms with van der Waals surface area (Å²) in [5, 5.41) is 6.18. The van der Waals surface area contributed by atoms with Crippen molar-refractivity contribution in [3.63, 3.8) is 0 Å². The maximum atomic E-state index is 13.5. The van der Waals surface area contributed by atoms with E-state index in [0.29, 0.717) is 17.5 Å². The van der Waals surface area contributed by atoms with Gasteiger partial charge in [0.05, 0.1) is 18.2 Å². The summed E-state index contributed by atoms with van der Waals surface area (Å²) in [6, 6.07) is 20.2. The van der Waals surface area contributed by atoms with Gasteiger partial charge in [0.1, 0.15) is 11.5 Å². The van der Waals surface area contributed by atoms with Crippen LogP contribution in [0.1, 0.15) is 59.7 Å². The quantitative estimate of drug-likeness (QED) is 0.0849. The van der Waals surface area contributed by atoms with Gasteiger partial charge in [0.25, 0.3) is 0 Å². The normalized spacial score (nSPS) is 11.7. The highest BCUT2D eigenvalue weighted by atomic mass is 16.7. The molecule has 3 aromatic carbocycles. The van der Waals surface area contributed by atoms with Crippen molar-refractivity contribution < 1.29 is 19.2 Å². The third-order valence-corrected chi connectivity index (χ3v) is 6.26. The number of ether oxygens (including phenoxy) is 1. The lowest BCUT2D eigenvalue weighted by atomic mass is 10.0. The van der Waals surface area contributed by atoms with Crippen molar-refractivity contribution in [1.82, 2.24) is 4.57 Å². The lowest BCUT2D eigenvalue weighted by Crippen LogP contribution is -2.16. The fraction of sp³-hybridized carbons (Fsp3) is 0.276. The van der Waals surface area contributed by atoms with Gasteiger partial charge in [0, 0.05) is 35.0 Å². The van der Waals surface area contributed by atoms with Gasteiger partial charge in [-0.15, -0.1) is 0 Å². The Morgan fingerprint density at radius 1 is 0.857 bits per heavy atom. The first-order chi connectivity index (χ1) is 17.0. The molecule has 0 aliphatic carbocycles. The summed E-state index contributed by atoms with van der Waals surface area (Å²) >= 11 is 0. The number of carbonyl (C=O) groups is 2. The van der Waals surface area contributed by atoms with Crippen molar-refractivity contribution >= 4 is 39.3 Å². The molecule has 1 heterocycles. The van der Waals surface area contributed by atoms with Crippen LogP contribution in [-0.2, 0) is 11.9 Å². The summed E-state index contributed by atoms with van der Waals surface area (Å²) in [6.45, 7) is 2.14. The molecule has 0 spiro atoms. The third kappa shape index (κ3) is 5.27. The highest BCUT2D eigenvalue weighted by molar-refractivity contribution is 6.46. The van der Waals surface area contributed by atoms with E-state index < -0.39 is 5.97 Å². The fourth-order valence-electron chi connectivity index (χ4n) is 4.26. The minimum atomic E-state index is -0.581. The molecule has 0 atom stereocenters. The molecule has 0 N–H and O–H groups in total. The number of aromatic nitrogens is 1. The molecule has 4 aromatic rings. The van der Waals surface area contributed by atoms with Gasteiger partial charge in [0.15, 0.2) is 0 Å². The lowest BCUT2D eigenvalue weighted by molar-refractivity contribution is 0.0514. The molecule has 0 fully saturated rings. The molecular weight excluding hydrogens is 440 g/mol. The standard InChI is InChI=1S/C29H30N2O4/c1-4-5-6-10-13-25(30-35-29(33)20-11-8-7-9-12-20)28(32)21-14-16-23-24-17-15-22(34-3)19-27(24)31(2)26(23)18-21/h7-9,11-12,14-19H,4-6,10,13H2,1-3H3/b30-25+. The summed E-state index contributed by atoms with van der Waals surface area (Å²) in [5.41, 5.74) is 3.12. The summed E-state index contributed by atoms with van der Waals surface area (Å²) < 4.78 is 7.43. The first-order valence-corrected chi connectivity index (χ1v) is 12.0. The van der Waals surface area contributed by atoms with E-state index in [-0.39, 0.29) is 11.5 Å². The van der Waals surface area contributed by atoms with Crippen molar-refractivity contribution in [2.45, 2.75) is 39.0 Å². The van der Waals surface area contributed by atoms with Crippen LogP contribution in [0.2, 0.25) is 0 Å². The van der Waals surface area contributed by atoms with E-state index in [0.717, 1.165) is 53.2 Å². The average molecular weight is 471 g/mol. The molecule has 0 amide bonds. The van der Waals surface area contributed by atoms with E-state index in [9.17, 15) is 9.59 Å². The number of benzene rings is 3. The van der Waals surface area contributed by atoms with Crippen molar-refractivity contribution in [2.75, 3.05) is 7.11 Å². The molecule has 35 heavy (non-hydrogen) atoms. The van der Waals surface area contributed by atoms with Crippen LogP contribution in [-0.4, -0.2) is 29.1 Å². The van der Waals surface area contributed by atoms with Crippen LogP contribution in [0.4, 0.5) is 0 Å². The summed E-state index contributed by atoms with van der Waals surface area (Å²) in [4.78, 5) is 31.1. The SMILES string of the molecule is CCCCCC/C(=N\OC(=O)c1ccccc1)C(=O)c1ccc2c3ccc(OC)cc3n(C)c2c1. The number of unbranched alkanes of at least 4 members (excludes halogenated alkanes) is 3. The molecule has 0 radical (unpaired) electrons. The second kappa shape index (κ2) is 11.0. The fourth-order valence-corrected chi connectivity index (χ4v) is 4.26. The van der Waals surface area contributed by atoms with Gasteiger partial charge in [-0.2, -0.15) is 0 Å². The Balaban J connectivity index is 1.65. The second-order valence-electron chi connectivity index (χ2n) is 8.60. The summed E-state index contributed by atoms with van der Waals surface area (Å²) in [6.07, 6.45) is 4.41. The van der Waals surface area contributed by atoms with Crippen LogP contribution >= 0.6 is 0 Å². The molecule has 0 saturated carbocycles. The van der Waals surface area contributed by atoms with Crippen molar-refractivity contribution in [3.05, 3.63) is 77.9 Å². The Labute approximate surface area is 205 Å². The van der Waals surface area contributed by atoms with Crippen molar-refractivity contribution in [1.29, 1.82) is 0 Å². The van der Waals surface area contributed by atoms with Gasteiger partial charge in [-0.05, 0) is 43.2 Å². The minimum absolute atomic E-state index is 0.230. The monoisotopic (exact) mass is 470 g/mol. The zero-order valence-corrected chi connectivity index (χ0v) is 20.4. The summed E-state index contributed by atoms with van der Waals surface area (Å²) in [5.74, 6) is -0.0314. The van der Waals surface area contributed by atoms with E-state index in [1.54, 1.807) is 31.4 Å². The molecule has 0 unspecified atom stereocenters. The maximum absolute atomic E-state index is 13.5. The number of hydrogen-bond donors (Lipinski definition) is 0. The predicted octanol–water partition coefficient (Wildman–Crippen LogP) is 6.71. The number of rotatable bonds is 10. The predicted molar refractivity (Wildman–Crippen MR) is 139 cm³/mol. The molecule has 180 valence electrons. The Morgan fingerprint density at radius 2 is 1.57 bits per heavy atom. The maximum Gasteiger partial charge on any atom is 0.365 e. The van der Waals surface area contributed by atoms with Gasteiger partial charge in [0.2, 0.25) is 5.78 Å². The highest BCUT2D eigenvalue weighted by Crippen LogP contribution is 2.31. The molecule has 0 aliphatic rings. The van der Waals surface area contributed by atoms with Gasteiger partial charge in [-0.3, -0.25) is 4.79 Å². The molecular formula is C29H30N2O4. The number of methoxy groups -OCH3 is 1. The number of nitrogens with zero attached hydrogens (tertiary/aromatic N) is 2. The van der Waals surface area contributed by atoms with Crippen LogP contribution in [0, 0.1) is 0 Å². The Morgan fingerprint density at radius 3 is 2.29 bits per heavy atom.